The summed E-state index contributed by atoms with van der Waals surface area (Å²) in [6, 6.07) is 162. The molecule has 19 aromatic carbocycles. The number of benzene rings is 19. The van der Waals surface area contributed by atoms with Crippen LogP contribution in [0, 0.1) is 0 Å². The van der Waals surface area contributed by atoms with Crippen molar-refractivity contribution in [3.05, 3.63) is 449 Å². The lowest BCUT2D eigenvalue weighted by Crippen LogP contribution is -2.03. The predicted molar refractivity (Wildman–Crippen MR) is 543 cm³/mol. The second-order valence-electron chi connectivity index (χ2n) is 34.1. The van der Waals surface area contributed by atoms with Gasteiger partial charge in [-0.15, -0.1) is 0 Å². The monoisotopic (exact) mass is 1680 g/mol. The van der Waals surface area contributed by atoms with Crippen molar-refractivity contribution < 1.29 is 0 Å². The average Bonchev–Trinajstić information content (AvgIpc) is 1.56. The quantitative estimate of drug-likeness (QED) is 0.107. The summed E-state index contributed by atoms with van der Waals surface area (Å²) < 4.78 is 14.7. The van der Waals surface area contributed by atoms with Gasteiger partial charge in [-0.1, -0.05) is 309 Å². The smallest absolute Gasteiger partial charge is 0.164 e. The van der Waals surface area contributed by atoms with E-state index in [2.05, 4.69) is 404 Å². The molecule has 0 amide bonds. The third kappa shape index (κ3) is 11.8. The highest BCUT2D eigenvalue weighted by molar-refractivity contribution is 6.18. The molecule has 0 saturated carbocycles. The summed E-state index contributed by atoms with van der Waals surface area (Å²) in [5.74, 6) is 3.38. The summed E-state index contributed by atoms with van der Waals surface area (Å²) in [5.41, 5.74) is 28.3. The van der Waals surface area contributed by atoms with Crippen molar-refractivity contribution in [3.63, 3.8) is 0 Å². The Balaban J connectivity index is 0.724. The number of nitrogens with zero attached hydrogens (tertiary/aromatic N) is 12. The first-order valence-electron chi connectivity index (χ1n) is 44.7. The molecule has 0 atom stereocenters. The van der Waals surface area contributed by atoms with Gasteiger partial charge in [0.1, 0.15) is 0 Å². The number of aromatic nitrogens is 12. The van der Waals surface area contributed by atoms with Gasteiger partial charge < -0.3 is 27.4 Å². The lowest BCUT2D eigenvalue weighted by molar-refractivity contribution is 1.07. The van der Waals surface area contributed by atoms with Crippen LogP contribution in [0.15, 0.2) is 449 Å². The maximum atomic E-state index is 5.46. The Labute approximate surface area is 756 Å². The fourth-order valence-electron chi connectivity index (χ4n) is 20.8. The number of fused-ring (bicyclic) bond motifs is 18. The first-order chi connectivity index (χ1) is 65.5. The molecule has 27 aromatic rings. The van der Waals surface area contributed by atoms with Crippen LogP contribution in [0.5, 0.6) is 0 Å². The largest absolute Gasteiger partial charge is 0.309 e. The van der Waals surface area contributed by atoms with Gasteiger partial charge in [0.25, 0.3) is 0 Å². The Kier molecular flexibility index (Phi) is 16.8. The van der Waals surface area contributed by atoms with E-state index in [-0.39, 0.29) is 0 Å². The topological polar surface area (TPSA) is 107 Å². The van der Waals surface area contributed by atoms with Gasteiger partial charge in [-0.2, -0.15) is 0 Å². The van der Waals surface area contributed by atoms with E-state index in [0.717, 1.165) is 178 Å². The van der Waals surface area contributed by atoms with E-state index in [1.54, 1.807) is 0 Å². The van der Waals surface area contributed by atoms with Gasteiger partial charge in [-0.25, -0.2) is 29.9 Å². The molecule has 12 heteroatoms. The normalized spacial score (nSPS) is 11.9. The van der Waals surface area contributed by atoms with Crippen molar-refractivity contribution in [3.8, 4) is 125 Å². The molecule has 614 valence electrons. The summed E-state index contributed by atoms with van der Waals surface area (Å²) in [7, 11) is 0. The molecule has 0 aliphatic rings. The van der Waals surface area contributed by atoms with Crippen molar-refractivity contribution in [1.82, 2.24) is 57.3 Å². The maximum Gasteiger partial charge on any atom is 0.164 e. The molecular formula is C120H74N12. The van der Waals surface area contributed by atoms with Crippen LogP contribution < -0.4 is 0 Å². The minimum atomic E-state index is 0.539. The van der Waals surface area contributed by atoms with Crippen molar-refractivity contribution in [2.24, 2.45) is 0 Å². The van der Waals surface area contributed by atoms with Crippen LogP contribution in [-0.4, -0.2) is 57.3 Å². The van der Waals surface area contributed by atoms with E-state index >= 15 is 0 Å². The fraction of sp³-hybridized carbons (Fsp3) is 0. The second-order valence-corrected chi connectivity index (χ2v) is 34.1. The van der Waals surface area contributed by atoms with Gasteiger partial charge in [-0.05, 0) is 151 Å². The molecule has 12 nitrogen and oxygen atoms in total. The average molecular weight is 1680 g/mol. The molecule has 0 aliphatic heterocycles. The van der Waals surface area contributed by atoms with Crippen molar-refractivity contribution in [2.45, 2.75) is 0 Å². The number of para-hydroxylation sites is 8. The van der Waals surface area contributed by atoms with E-state index in [1.165, 1.54) is 43.1 Å². The molecule has 0 radical (unpaired) electrons. The van der Waals surface area contributed by atoms with E-state index < -0.39 is 0 Å². The van der Waals surface area contributed by atoms with Gasteiger partial charge in [0.05, 0.1) is 77.6 Å². The minimum Gasteiger partial charge on any atom is -0.309 e. The van der Waals surface area contributed by atoms with Crippen LogP contribution in [-0.2, 0) is 0 Å². The Bertz CT molecular complexity index is 8210. The summed E-state index contributed by atoms with van der Waals surface area (Å²) in [4.78, 5) is 32.3. The molecule has 0 unspecified atom stereocenters. The molecule has 8 aromatic heterocycles. The molecule has 0 spiro atoms. The lowest BCUT2D eigenvalue weighted by Gasteiger charge is -2.19. The minimum absolute atomic E-state index is 0.539. The molecule has 0 saturated heterocycles. The van der Waals surface area contributed by atoms with Crippen molar-refractivity contribution in [2.75, 3.05) is 0 Å². The SMILES string of the molecule is c1ccc(-c2nc(-c3ccccc3)nc(-c3ccc(-c4cccc(-c5ccc(-c6nc(-c7ccccc7)nc(-c7ccccc7)n6)cc5-n5c6ccc(-n7c8ccccc8c8ccccc87)cc6c6cc(-n7c8ccccc8c8ccccc87)ccc65)c4)c(-n4c5ccc(-n6c7ccccc7c7ccccc76)cc5c5cc(-n6c7ccccc7c7ccccc76)ccc54)c3)n2)cc1. The summed E-state index contributed by atoms with van der Waals surface area (Å²) >= 11 is 0. The molecule has 132 heavy (non-hydrogen) atoms. The summed E-state index contributed by atoms with van der Waals surface area (Å²) in [6.07, 6.45) is 0. The zero-order chi connectivity index (χ0) is 86.6. The highest BCUT2D eigenvalue weighted by atomic mass is 15.1. The van der Waals surface area contributed by atoms with Gasteiger partial charge in [0.15, 0.2) is 34.9 Å². The van der Waals surface area contributed by atoms with Crippen LogP contribution in [0.4, 0.5) is 0 Å². The van der Waals surface area contributed by atoms with Crippen molar-refractivity contribution >= 4 is 131 Å². The summed E-state index contributed by atoms with van der Waals surface area (Å²) in [6.45, 7) is 0. The zero-order valence-corrected chi connectivity index (χ0v) is 71.1. The lowest BCUT2D eigenvalue weighted by atomic mass is 9.95. The number of rotatable bonds is 14. The third-order valence-corrected chi connectivity index (χ3v) is 26.7. The third-order valence-electron chi connectivity index (χ3n) is 26.7. The first-order valence-corrected chi connectivity index (χ1v) is 44.7. The first kappa shape index (κ1) is 74.3. The standard InChI is InChI=1S/C120H74N12/c1-5-30-75(31-6-1)115-121-116(76-32-7-2-8-33-76)124-119(123-115)81-56-62-87(113(69-81)131-109-64-58-83(127-101-48-21-13-40-89(101)90-41-14-22-49-102(90)127)71-97(109)98-72-84(59-65-110(98)131)128-103-50-23-15-42-91(103)92-43-16-24-51-104(92)128)79-38-29-39-80(68-79)88-63-57-82(120-125-117(77-34-9-3-10-35-77)122-118(126-120)78-36-11-4-12-37-78)70-114(88)132-111-66-60-85(129-105-52-25-17-44-93(105)94-45-18-26-53-106(94)129)73-99(111)100-74-86(61-67-112(100)132)130-107-54-27-19-46-95(107)96-47-20-28-55-108(96)130/h1-74H. The Morgan fingerprint density at radius 3 is 0.553 bits per heavy atom. The second kappa shape index (κ2) is 29.8. The number of hydrogen-bond donors (Lipinski definition) is 0. The highest BCUT2D eigenvalue weighted by Gasteiger charge is 2.28. The fourth-order valence-corrected chi connectivity index (χ4v) is 20.8. The molecule has 0 fully saturated rings. The predicted octanol–water partition coefficient (Wildman–Crippen LogP) is 30.0. The zero-order valence-electron chi connectivity index (χ0n) is 71.1. The molecule has 0 bridgehead atoms. The Morgan fingerprint density at radius 1 is 0.121 bits per heavy atom. The van der Waals surface area contributed by atoms with Gasteiger partial charge in [0, 0.05) is 132 Å². The molecular weight excluding hydrogens is 1610 g/mol. The van der Waals surface area contributed by atoms with Crippen LogP contribution in [0.3, 0.4) is 0 Å². The molecule has 8 heterocycles. The Morgan fingerprint density at radius 2 is 0.318 bits per heavy atom. The molecule has 27 rings (SSSR count). The van der Waals surface area contributed by atoms with Crippen LogP contribution in [0.1, 0.15) is 0 Å². The van der Waals surface area contributed by atoms with E-state index in [4.69, 9.17) is 29.9 Å². The van der Waals surface area contributed by atoms with E-state index in [0.29, 0.717) is 34.9 Å². The van der Waals surface area contributed by atoms with Gasteiger partial charge in [0.2, 0.25) is 0 Å². The molecule has 0 aliphatic carbocycles. The van der Waals surface area contributed by atoms with E-state index in [9.17, 15) is 0 Å². The van der Waals surface area contributed by atoms with E-state index in [1.807, 2.05) is 72.8 Å². The van der Waals surface area contributed by atoms with Crippen LogP contribution >= 0.6 is 0 Å². The van der Waals surface area contributed by atoms with Crippen LogP contribution in [0.25, 0.3) is 256 Å². The molecule has 0 N–H and O–H groups in total. The van der Waals surface area contributed by atoms with Crippen molar-refractivity contribution in [1.29, 1.82) is 0 Å². The summed E-state index contributed by atoms with van der Waals surface area (Å²) in [5, 5.41) is 13.9. The Hall–Kier alpha value is -18.0. The van der Waals surface area contributed by atoms with Gasteiger partial charge >= 0.3 is 0 Å². The van der Waals surface area contributed by atoms with Crippen LogP contribution in [0.2, 0.25) is 0 Å². The number of hydrogen-bond acceptors (Lipinski definition) is 6. The maximum absolute atomic E-state index is 5.46. The highest BCUT2D eigenvalue weighted by Crippen LogP contribution is 2.48. The van der Waals surface area contributed by atoms with Gasteiger partial charge in [-0.3, -0.25) is 0 Å².